The van der Waals surface area contributed by atoms with Crippen LogP contribution in [-0.4, -0.2) is 17.2 Å². The van der Waals surface area contributed by atoms with Crippen LogP contribution in [0.3, 0.4) is 0 Å². The molecule has 0 saturated carbocycles. The van der Waals surface area contributed by atoms with Crippen LogP contribution >= 0.6 is 0 Å². The molecule has 0 spiro atoms. The highest BCUT2D eigenvalue weighted by Gasteiger charge is 2.13. The van der Waals surface area contributed by atoms with Gasteiger partial charge >= 0.3 is 7.12 Å². The number of hydrogen-bond donors (Lipinski definition) is 2. The van der Waals surface area contributed by atoms with Crippen LogP contribution in [0.4, 0.5) is 13.2 Å². The topological polar surface area (TPSA) is 49.7 Å². The molecule has 3 nitrogen and oxygen atoms in total. The van der Waals surface area contributed by atoms with E-state index in [1.807, 2.05) is 0 Å². The van der Waals surface area contributed by atoms with E-state index in [4.69, 9.17) is 14.8 Å². The lowest BCUT2D eigenvalue weighted by molar-refractivity contribution is 0.302. The summed E-state index contributed by atoms with van der Waals surface area (Å²) in [6.07, 6.45) is 0. The van der Waals surface area contributed by atoms with Crippen molar-refractivity contribution >= 4 is 12.6 Å². The Hall–Kier alpha value is -1.99. The minimum atomic E-state index is -1.81. The minimum Gasteiger partial charge on any atom is -0.489 e. The van der Waals surface area contributed by atoms with Crippen molar-refractivity contribution in [2.75, 3.05) is 0 Å². The largest absolute Gasteiger partial charge is 0.489 e. The van der Waals surface area contributed by atoms with Crippen LogP contribution in [0, 0.1) is 17.5 Å². The Morgan fingerprint density at radius 3 is 2.05 bits per heavy atom. The third-order valence-electron chi connectivity index (χ3n) is 2.52. The molecule has 7 heteroatoms. The molecule has 20 heavy (non-hydrogen) atoms. The zero-order chi connectivity index (χ0) is 14.7. The second-order valence-corrected chi connectivity index (χ2v) is 4.16. The fourth-order valence-electron chi connectivity index (χ4n) is 1.69. The van der Waals surface area contributed by atoms with Crippen molar-refractivity contribution in [2.45, 2.75) is 6.61 Å². The fourth-order valence-corrected chi connectivity index (χ4v) is 1.69. The molecule has 0 aromatic heterocycles. The first-order chi connectivity index (χ1) is 9.44. The second kappa shape index (κ2) is 5.98. The molecule has 0 unspecified atom stereocenters. The number of benzene rings is 2. The third kappa shape index (κ3) is 3.75. The molecule has 2 aromatic carbocycles. The Bertz CT molecular complexity index is 600. The van der Waals surface area contributed by atoms with E-state index < -0.39 is 24.6 Å². The lowest BCUT2D eigenvalue weighted by Crippen LogP contribution is -2.30. The summed E-state index contributed by atoms with van der Waals surface area (Å²) in [4.78, 5) is 0. The molecule has 0 aliphatic carbocycles. The van der Waals surface area contributed by atoms with Gasteiger partial charge in [-0.25, -0.2) is 13.2 Å². The maximum absolute atomic E-state index is 13.2. The summed E-state index contributed by atoms with van der Waals surface area (Å²) in [7, 11) is -1.81. The average Bonchev–Trinajstić information content (AvgIpc) is 2.34. The first-order valence-corrected chi connectivity index (χ1v) is 5.68. The third-order valence-corrected chi connectivity index (χ3v) is 2.52. The first kappa shape index (κ1) is 14.4. The van der Waals surface area contributed by atoms with E-state index in [2.05, 4.69) is 0 Å². The number of ether oxygens (including phenoxy) is 1. The molecular weight excluding hydrogens is 272 g/mol. The maximum atomic E-state index is 13.2. The number of halogens is 3. The molecule has 104 valence electrons. The summed E-state index contributed by atoms with van der Waals surface area (Å²) in [5, 5.41) is 18.0. The van der Waals surface area contributed by atoms with Gasteiger partial charge < -0.3 is 14.8 Å². The molecule has 0 aliphatic rings. The summed E-state index contributed by atoms with van der Waals surface area (Å²) < 4.78 is 44.3. The summed E-state index contributed by atoms with van der Waals surface area (Å²) in [6, 6.07) is 6.10. The summed E-state index contributed by atoms with van der Waals surface area (Å²) in [5.74, 6) is -2.28. The molecule has 0 saturated heterocycles. The zero-order valence-corrected chi connectivity index (χ0v) is 10.2. The van der Waals surface area contributed by atoms with Crippen LogP contribution < -0.4 is 10.2 Å². The molecule has 0 amide bonds. The van der Waals surface area contributed by atoms with Gasteiger partial charge in [-0.1, -0.05) is 6.07 Å². The quantitative estimate of drug-likeness (QED) is 0.832. The minimum absolute atomic E-state index is 0.0333. The van der Waals surface area contributed by atoms with Gasteiger partial charge in [0, 0.05) is 18.2 Å². The van der Waals surface area contributed by atoms with Crippen LogP contribution in [0.5, 0.6) is 5.75 Å². The summed E-state index contributed by atoms with van der Waals surface area (Å²) >= 11 is 0. The van der Waals surface area contributed by atoms with Crippen molar-refractivity contribution in [3.05, 3.63) is 59.4 Å². The van der Waals surface area contributed by atoms with Crippen LogP contribution in [0.15, 0.2) is 36.4 Å². The molecule has 2 N–H and O–H groups in total. The first-order valence-electron chi connectivity index (χ1n) is 5.68. The van der Waals surface area contributed by atoms with Gasteiger partial charge in [-0.2, -0.15) is 0 Å². The second-order valence-electron chi connectivity index (χ2n) is 4.16. The van der Waals surface area contributed by atoms with E-state index in [9.17, 15) is 13.2 Å². The molecule has 0 bridgehead atoms. The highest BCUT2D eigenvalue weighted by atomic mass is 19.1. The van der Waals surface area contributed by atoms with Gasteiger partial charge in [-0.15, -0.1) is 0 Å². The van der Waals surface area contributed by atoms with Crippen molar-refractivity contribution in [3.63, 3.8) is 0 Å². The van der Waals surface area contributed by atoms with Crippen LogP contribution in [0.2, 0.25) is 0 Å². The molecule has 0 radical (unpaired) electrons. The molecule has 2 rings (SSSR count). The molecule has 2 aromatic rings. The van der Waals surface area contributed by atoms with E-state index in [-0.39, 0.29) is 17.8 Å². The van der Waals surface area contributed by atoms with Gasteiger partial charge in [0.2, 0.25) is 0 Å². The average molecular weight is 282 g/mol. The highest BCUT2D eigenvalue weighted by molar-refractivity contribution is 6.58. The Balaban J connectivity index is 2.14. The van der Waals surface area contributed by atoms with Crippen LogP contribution in [-0.2, 0) is 6.61 Å². The van der Waals surface area contributed by atoms with Gasteiger partial charge in [0.05, 0.1) is 0 Å². The van der Waals surface area contributed by atoms with E-state index >= 15 is 0 Å². The monoisotopic (exact) mass is 282 g/mol. The normalized spacial score (nSPS) is 10.4. The molecule has 0 fully saturated rings. The van der Waals surface area contributed by atoms with Gasteiger partial charge in [0.25, 0.3) is 0 Å². The Kier molecular flexibility index (Phi) is 4.31. The molecular formula is C13H10BF3O3. The lowest BCUT2D eigenvalue weighted by atomic mass is 9.79. The van der Waals surface area contributed by atoms with Gasteiger partial charge in [-0.05, 0) is 23.2 Å². The smallest absolute Gasteiger partial charge is 0.488 e. The van der Waals surface area contributed by atoms with E-state index in [0.29, 0.717) is 11.6 Å². The van der Waals surface area contributed by atoms with Crippen molar-refractivity contribution < 1.29 is 28.0 Å². The highest BCUT2D eigenvalue weighted by Crippen LogP contribution is 2.17. The molecule has 0 aliphatic heterocycles. The van der Waals surface area contributed by atoms with Gasteiger partial charge in [0.15, 0.2) is 0 Å². The van der Waals surface area contributed by atoms with Gasteiger partial charge in [0.1, 0.15) is 29.8 Å². The van der Waals surface area contributed by atoms with Gasteiger partial charge in [-0.3, -0.25) is 0 Å². The molecule has 0 heterocycles. The van der Waals surface area contributed by atoms with Crippen molar-refractivity contribution in [3.8, 4) is 5.75 Å². The summed E-state index contributed by atoms with van der Waals surface area (Å²) in [5.41, 5.74) is 0.270. The number of hydrogen-bond acceptors (Lipinski definition) is 3. The van der Waals surface area contributed by atoms with Crippen LogP contribution in [0.1, 0.15) is 5.56 Å². The number of rotatable bonds is 4. The van der Waals surface area contributed by atoms with Crippen molar-refractivity contribution in [1.29, 1.82) is 0 Å². The fraction of sp³-hybridized carbons (Fsp3) is 0.0769. The predicted octanol–water partition coefficient (Wildman–Crippen LogP) is 1.36. The maximum Gasteiger partial charge on any atom is 0.488 e. The summed E-state index contributed by atoms with van der Waals surface area (Å²) in [6.45, 7) is -0.166. The Morgan fingerprint density at radius 2 is 1.45 bits per heavy atom. The van der Waals surface area contributed by atoms with E-state index in [1.165, 1.54) is 6.07 Å². The van der Waals surface area contributed by atoms with Crippen LogP contribution in [0.25, 0.3) is 0 Å². The Labute approximate surface area is 113 Å². The van der Waals surface area contributed by atoms with E-state index in [0.717, 1.165) is 24.3 Å². The Morgan fingerprint density at radius 1 is 0.850 bits per heavy atom. The van der Waals surface area contributed by atoms with Crippen molar-refractivity contribution in [1.82, 2.24) is 0 Å². The molecule has 0 atom stereocenters. The van der Waals surface area contributed by atoms with Crippen molar-refractivity contribution in [2.24, 2.45) is 0 Å². The zero-order valence-electron chi connectivity index (χ0n) is 10.2. The lowest BCUT2D eigenvalue weighted by Gasteiger charge is -2.08. The van der Waals surface area contributed by atoms with E-state index in [1.54, 1.807) is 0 Å². The standard InChI is InChI=1S/C13H10BF3O3/c15-10-2-8(1-9(3-10)14(18)19)7-20-13-5-11(16)4-12(17)6-13/h1-6,18-19H,7H2. The predicted molar refractivity (Wildman–Crippen MR) is 66.9 cm³/mol. The SMILES string of the molecule is OB(O)c1cc(F)cc(COc2cc(F)cc(F)c2)c1.